The number of benzene rings is 2. The number of carboxylic acids is 1. The van der Waals surface area contributed by atoms with Crippen molar-refractivity contribution in [3.8, 4) is 11.1 Å². The van der Waals surface area contributed by atoms with Crippen molar-refractivity contribution in [1.29, 1.82) is 0 Å². The lowest BCUT2D eigenvalue weighted by molar-refractivity contribution is -0.940. The molecule has 8 N–H and O–H groups in total. The van der Waals surface area contributed by atoms with Gasteiger partial charge >= 0.3 is 12.0 Å². The van der Waals surface area contributed by atoms with Gasteiger partial charge in [0, 0.05) is 77.4 Å². The molecule has 4 aromatic heterocycles. The van der Waals surface area contributed by atoms with Crippen LogP contribution in [0.1, 0.15) is 157 Å². The first-order valence-corrected chi connectivity index (χ1v) is 36.4. The largest absolute Gasteiger partial charge is 0.476 e. The molecule has 6 aromatic rings. The first kappa shape index (κ1) is 71.1. The van der Waals surface area contributed by atoms with Gasteiger partial charge in [-0.2, -0.15) is 5.10 Å². The van der Waals surface area contributed by atoms with Crippen LogP contribution in [0.5, 0.6) is 0 Å². The Kier molecular flexibility index (Phi) is 21.2. The summed E-state index contributed by atoms with van der Waals surface area (Å²) in [7, 11) is 0. The molecule has 25 nitrogen and oxygen atoms in total. The van der Waals surface area contributed by atoms with Crippen LogP contribution in [0.2, 0.25) is 0 Å². The highest BCUT2D eigenvalue weighted by Gasteiger charge is 2.62. The number of pyridine rings is 1. The number of thiazole rings is 1. The number of aromatic carboxylic acids is 1. The fourth-order valence-electron chi connectivity index (χ4n) is 17.7. The monoisotopic (exact) mass is 1390 g/mol. The van der Waals surface area contributed by atoms with Gasteiger partial charge in [-0.05, 0) is 169 Å². The third-order valence-electron chi connectivity index (χ3n) is 21.6. The summed E-state index contributed by atoms with van der Waals surface area (Å²) in [6.07, 6.45) is 18.2. The average Bonchev–Trinajstić information content (AvgIpc) is 1.50. The maximum atomic E-state index is 14.1. The molecule has 4 saturated carbocycles. The second-order valence-electron chi connectivity index (χ2n) is 30.1. The number of ether oxygens (including phenoxy) is 2. The van der Waals surface area contributed by atoms with E-state index < -0.39 is 53.6 Å². The average molecular weight is 1390 g/mol. The summed E-state index contributed by atoms with van der Waals surface area (Å²) in [6.45, 7) is 18.7. The number of anilines is 5. The maximum absolute atomic E-state index is 14.1. The van der Waals surface area contributed by atoms with Gasteiger partial charge < -0.3 is 56.3 Å². The summed E-state index contributed by atoms with van der Waals surface area (Å²) < 4.78 is 17.1. The van der Waals surface area contributed by atoms with Crippen molar-refractivity contribution in [2.24, 2.45) is 27.9 Å². The molecule has 0 spiro atoms. The minimum Gasteiger partial charge on any atom is -0.476 e. The van der Waals surface area contributed by atoms with E-state index >= 15 is 0 Å². The molecule has 5 fully saturated rings. The van der Waals surface area contributed by atoms with Crippen molar-refractivity contribution in [1.82, 2.24) is 50.8 Å². The van der Waals surface area contributed by atoms with E-state index in [0.29, 0.717) is 48.3 Å². The van der Waals surface area contributed by atoms with E-state index in [1.54, 1.807) is 25.2 Å². The standard InChI is InChI=1S/C74H95N15O10S/c1-47(2)62(82-59(90)27-36-98-37-32-87-60(91)25-26-61(87)92)67(94)79-56(17-13-30-76-69(75)97)66(93)78-51-21-19-50(20-22-51)40-89(33-11-7-8-12-34-89)35-38-99-74-29-28-73(42-71(5,44-74)41-72(6,43-73)45-74)46-88-49(4)54(39-77-88)53-23-24-58(81-63(53)68(95)96)86-31-14-15-52-48(3)64(84-85-65(52)86)83-70-80-55-16-9-10-18-57(55)100-70/h9-10,16,18-26,39,47,56,62H,7-8,11-15,17,27-38,40-46H2,1-6H3,(H7-,75,76,78,79,80,82,83,84,90,93,94,95,96,97)/p+1/t56-,62-,71-,72+,73?,74?/m0/s1. The van der Waals surface area contributed by atoms with Gasteiger partial charge in [-0.15, -0.1) is 10.2 Å². The van der Waals surface area contributed by atoms with Gasteiger partial charge in [-0.25, -0.2) is 19.6 Å². The van der Waals surface area contributed by atoms with Gasteiger partial charge in [0.05, 0.1) is 61.5 Å². The molecule has 0 radical (unpaired) electrons. The number of aromatic nitrogens is 6. The third kappa shape index (κ3) is 16.2. The van der Waals surface area contributed by atoms with Gasteiger partial charge in [-0.1, -0.05) is 63.3 Å². The van der Waals surface area contributed by atoms with E-state index in [1.165, 1.54) is 25.0 Å². The molecule has 4 aliphatic carbocycles. The van der Waals surface area contributed by atoms with Crippen molar-refractivity contribution >= 4 is 91.4 Å². The molecule has 4 bridgehead atoms. The smallest absolute Gasteiger partial charge is 0.355 e. The van der Waals surface area contributed by atoms with Crippen LogP contribution in [0.4, 0.5) is 33.1 Å². The Balaban J connectivity index is 0.673. The number of para-hydroxylation sites is 1. The lowest BCUT2D eigenvalue weighted by Crippen LogP contribution is -2.54. The summed E-state index contributed by atoms with van der Waals surface area (Å²) in [5.74, 6) is -1.93. The summed E-state index contributed by atoms with van der Waals surface area (Å²) in [6, 6.07) is 17.0. The normalized spacial score (nSPS) is 22.9. The molecule has 7 amide bonds. The number of rotatable bonds is 29. The Hall–Kier alpha value is -8.72. The first-order valence-electron chi connectivity index (χ1n) is 35.6. The Morgan fingerprint density at radius 1 is 0.810 bits per heavy atom. The van der Waals surface area contributed by atoms with Gasteiger partial charge in [0.2, 0.25) is 17.7 Å². The van der Waals surface area contributed by atoms with E-state index in [-0.39, 0.29) is 72.6 Å². The number of primary amides is 1. The van der Waals surface area contributed by atoms with Crippen LogP contribution in [0.25, 0.3) is 21.3 Å². The molecular formula is C74H96N15O10S+. The maximum Gasteiger partial charge on any atom is 0.355 e. The number of quaternary nitrogens is 1. The number of hydrogen-bond acceptors (Lipinski definition) is 17. The molecule has 26 heteroatoms. The number of fused-ring (bicyclic) bond motifs is 3. The van der Waals surface area contributed by atoms with Crippen LogP contribution in [0.3, 0.4) is 0 Å². The fraction of sp³-hybridized carbons (Fsp3) is 0.541. The highest BCUT2D eigenvalue weighted by atomic mass is 32.1. The van der Waals surface area contributed by atoms with E-state index in [4.69, 9.17) is 35.4 Å². The predicted molar refractivity (Wildman–Crippen MR) is 381 cm³/mol. The topological polar surface area (TPSA) is 320 Å². The van der Waals surface area contributed by atoms with Crippen molar-refractivity contribution < 1.29 is 52.6 Å². The quantitative estimate of drug-likeness (QED) is 0.0130. The Morgan fingerprint density at radius 3 is 2.26 bits per heavy atom. The zero-order valence-electron chi connectivity index (χ0n) is 58.5. The minimum atomic E-state index is -1.11. The molecular weight excluding hydrogens is 1290 g/mol. The van der Waals surface area contributed by atoms with Gasteiger partial charge in [0.1, 0.15) is 31.0 Å². The summed E-state index contributed by atoms with van der Waals surface area (Å²) >= 11 is 1.56. The zero-order valence-corrected chi connectivity index (χ0v) is 59.3. The van der Waals surface area contributed by atoms with Crippen molar-refractivity contribution in [2.75, 3.05) is 74.6 Å². The van der Waals surface area contributed by atoms with Crippen LogP contribution in [-0.2, 0) is 53.0 Å². The molecule has 6 atom stereocenters. The molecule has 7 heterocycles. The first-order chi connectivity index (χ1) is 47.9. The molecule has 532 valence electrons. The number of imide groups is 1. The highest BCUT2D eigenvalue weighted by Crippen LogP contribution is 2.69. The number of urea groups is 1. The van der Waals surface area contributed by atoms with Crippen molar-refractivity contribution in [2.45, 2.75) is 175 Å². The van der Waals surface area contributed by atoms with Crippen molar-refractivity contribution in [3.63, 3.8) is 0 Å². The predicted octanol–water partition coefficient (Wildman–Crippen LogP) is 9.95. The Labute approximate surface area is 587 Å². The number of nitrogens with two attached hydrogens (primary N) is 1. The number of carboxylic acid groups (broad SMARTS) is 1. The molecule has 2 aromatic carbocycles. The van der Waals surface area contributed by atoms with Crippen LogP contribution in [0, 0.1) is 36.0 Å². The van der Waals surface area contributed by atoms with Gasteiger partial charge in [0.25, 0.3) is 11.8 Å². The summed E-state index contributed by atoms with van der Waals surface area (Å²) in [5, 5.41) is 40.5. The number of amides is 7. The molecule has 100 heavy (non-hydrogen) atoms. The van der Waals surface area contributed by atoms with E-state index in [1.807, 2.05) is 66.6 Å². The summed E-state index contributed by atoms with van der Waals surface area (Å²) in [4.78, 5) is 102. The lowest BCUT2D eigenvalue weighted by Gasteiger charge is -2.59. The van der Waals surface area contributed by atoms with Crippen LogP contribution in [0.15, 0.2) is 79.0 Å². The number of nitrogens with zero attached hydrogens (tertiary/aromatic N) is 9. The van der Waals surface area contributed by atoms with E-state index in [0.717, 1.165) is 156 Å². The lowest BCUT2D eigenvalue weighted by atomic mass is 9.48. The second-order valence-corrected chi connectivity index (χ2v) is 31.2. The third-order valence-corrected chi connectivity index (χ3v) is 22.6. The molecule has 7 aliphatic rings. The molecule has 13 rings (SSSR count). The van der Waals surface area contributed by atoms with Crippen LogP contribution < -0.4 is 37.2 Å². The Bertz CT molecular complexity index is 4020. The van der Waals surface area contributed by atoms with Crippen LogP contribution in [-0.4, -0.2) is 163 Å². The molecule has 2 unspecified atom stereocenters. The number of hydrogen-bond donors (Lipinski definition) is 7. The van der Waals surface area contributed by atoms with E-state index in [2.05, 4.69) is 69.3 Å². The number of nitrogens with one attached hydrogen (secondary N) is 5. The van der Waals surface area contributed by atoms with Gasteiger partial charge in [-0.3, -0.25) is 33.6 Å². The number of likely N-dealkylation sites (tertiary alicyclic amines) is 1. The van der Waals surface area contributed by atoms with E-state index in [9.17, 15) is 38.7 Å². The van der Waals surface area contributed by atoms with Crippen LogP contribution >= 0.6 is 11.3 Å². The SMILES string of the molecule is Cc1c(Nc2nc3ccccc3s2)nnc2c1CCCN2c1ccc(-c2cnn(CC34CCC5(OCC[N+]6(Cc7ccc(NC(=O)[C@H](CCCNC(N)=O)NC(=O)[C@@H](NC(=O)CCOCCN8C(=O)C=CC8=O)C(C)C)cc7)CCCCCC6)C[C@](C)(C3)C[C@](C)(C4)C5)c2C)c(C(=O)O)n1. The molecule has 1 saturated heterocycles. The zero-order chi connectivity index (χ0) is 70.6. The molecule has 3 aliphatic heterocycles. The number of carbonyl (C=O) groups excluding carboxylic acids is 6. The van der Waals surface area contributed by atoms with Crippen molar-refractivity contribution in [3.05, 3.63) is 107 Å². The van der Waals surface area contributed by atoms with Gasteiger partial charge in [0.15, 0.2) is 22.5 Å². The number of carbonyl (C=O) groups is 7. The summed E-state index contributed by atoms with van der Waals surface area (Å²) in [5.41, 5.74) is 12.0. The fourth-order valence-corrected chi connectivity index (χ4v) is 18.6. The highest BCUT2D eigenvalue weighted by molar-refractivity contribution is 7.22. The second kappa shape index (κ2) is 29.8. The Morgan fingerprint density at radius 2 is 1.55 bits per heavy atom. The minimum absolute atomic E-state index is 0.00515.